The van der Waals surface area contributed by atoms with E-state index in [0.717, 1.165) is 11.3 Å². The highest BCUT2D eigenvalue weighted by Gasteiger charge is 1.98. The van der Waals surface area contributed by atoms with Gasteiger partial charge in [-0.25, -0.2) is 0 Å². The Bertz CT molecular complexity index is 558. The monoisotopic (exact) mass is 320 g/mol. The number of carbonyl (C=O) groups excluding carboxylic acids is 1. The lowest BCUT2D eigenvalue weighted by molar-refractivity contribution is 0.267. The van der Waals surface area contributed by atoms with Crippen molar-refractivity contribution in [3.63, 3.8) is 0 Å². The Morgan fingerprint density at radius 1 is 1.10 bits per heavy atom. The van der Waals surface area contributed by atoms with Gasteiger partial charge in [-0.2, -0.15) is 0 Å². The molecule has 0 bridgehead atoms. The molecule has 0 aromatic heterocycles. The quantitative estimate of drug-likeness (QED) is 0.597. The van der Waals surface area contributed by atoms with Gasteiger partial charge in [0.2, 0.25) is 0 Å². The minimum absolute atomic E-state index is 0.389. The molecule has 2 rings (SSSR count). The van der Waals surface area contributed by atoms with Crippen molar-refractivity contribution in [1.29, 1.82) is 0 Å². The summed E-state index contributed by atoms with van der Waals surface area (Å²) in [7, 11) is 0. The molecule has 0 aliphatic rings. The summed E-state index contributed by atoms with van der Waals surface area (Å²) in [4.78, 5) is 9.09. The number of rotatable bonds is 3. The zero-order chi connectivity index (χ0) is 15.5. The normalized spacial score (nSPS) is 9.00. The summed E-state index contributed by atoms with van der Waals surface area (Å²) in [5, 5.41) is 2.77. The number of thiol groups is 1. The van der Waals surface area contributed by atoms with Crippen molar-refractivity contribution >= 4 is 40.9 Å². The summed E-state index contributed by atoms with van der Waals surface area (Å²) in [6.07, 6.45) is 0. The third kappa shape index (κ3) is 8.67. The molecule has 0 aliphatic heterocycles. The number of nitrogens with two attached hydrogens (primary N) is 1. The van der Waals surface area contributed by atoms with Gasteiger partial charge in [0.25, 0.3) is 10.4 Å². The number of hydrogen-bond donors (Lipinski definition) is 3. The fraction of sp³-hybridized carbons (Fsp3) is 0.0667. The molecule has 21 heavy (non-hydrogen) atoms. The first-order chi connectivity index (χ1) is 10.1. The third-order valence-electron chi connectivity index (χ3n) is 2.23. The number of hydrogen-bond acceptors (Lipinski definition) is 3. The first kappa shape index (κ1) is 17.0. The van der Waals surface area contributed by atoms with Gasteiger partial charge in [0.05, 0.1) is 0 Å². The third-order valence-corrected chi connectivity index (χ3v) is 2.45. The lowest BCUT2D eigenvalue weighted by Crippen LogP contribution is -2.12. The molecule has 0 saturated heterocycles. The Morgan fingerprint density at radius 2 is 1.57 bits per heavy atom. The van der Waals surface area contributed by atoms with Crippen LogP contribution in [0.2, 0.25) is 0 Å². The maximum Gasteiger partial charge on any atom is 0.273 e. The number of thiocarbonyl (C=S) groups is 1. The van der Waals surface area contributed by atoms with Gasteiger partial charge >= 0.3 is 0 Å². The molecule has 3 N–H and O–H groups in total. The Labute approximate surface area is 134 Å². The van der Waals surface area contributed by atoms with E-state index in [9.17, 15) is 0 Å². The number of nitrogens with one attached hydrogen (secondary N) is 1. The molecule has 0 fully saturated rings. The van der Waals surface area contributed by atoms with Crippen LogP contribution in [0.5, 0.6) is 0 Å². The maximum atomic E-state index is 9.09. The molecule has 0 saturated carbocycles. The van der Waals surface area contributed by atoms with Crippen molar-refractivity contribution in [3.8, 4) is 0 Å². The topological polar surface area (TPSA) is 64.4 Å². The van der Waals surface area contributed by atoms with Crippen molar-refractivity contribution in [2.75, 3.05) is 5.32 Å². The summed E-state index contributed by atoms with van der Waals surface area (Å²) >= 11 is 8.21. The summed E-state index contributed by atoms with van der Waals surface area (Å²) in [6, 6.07) is 19.7. The predicted octanol–water partition coefficient (Wildman–Crippen LogP) is 3.60. The van der Waals surface area contributed by atoms with E-state index in [2.05, 4.69) is 23.7 Å². The molecule has 6 heteroatoms. The van der Waals surface area contributed by atoms with Crippen LogP contribution in [0.1, 0.15) is 5.56 Å². The van der Waals surface area contributed by atoms with Crippen molar-refractivity contribution in [1.82, 2.24) is 0 Å². The van der Waals surface area contributed by atoms with Crippen LogP contribution in [0.4, 0.5) is 10.5 Å². The highest BCUT2D eigenvalue weighted by atomic mass is 32.1. The molecular weight excluding hydrogens is 304 g/mol. The van der Waals surface area contributed by atoms with E-state index in [1.165, 1.54) is 0 Å². The van der Waals surface area contributed by atoms with Crippen molar-refractivity contribution in [3.05, 3.63) is 66.2 Å². The SMILES string of the molecule is NC(=O)S.S=C(Nc1ccccc1)OCc1ccccc1. The lowest BCUT2D eigenvalue weighted by Gasteiger charge is -2.09. The van der Waals surface area contributed by atoms with Crippen LogP contribution in [0.15, 0.2) is 60.7 Å². The van der Waals surface area contributed by atoms with Gasteiger partial charge in [0.15, 0.2) is 0 Å². The van der Waals surface area contributed by atoms with Crippen molar-refractivity contribution < 1.29 is 9.53 Å². The van der Waals surface area contributed by atoms with E-state index in [4.69, 9.17) is 21.7 Å². The van der Waals surface area contributed by atoms with Gasteiger partial charge < -0.3 is 15.8 Å². The summed E-state index contributed by atoms with van der Waals surface area (Å²) in [5.41, 5.74) is 6.37. The highest BCUT2D eigenvalue weighted by Crippen LogP contribution is 2.07. The van der Waals surface area contributed by atoms with Crippen LogP contribution in [0.3, 0.4) is 0 Å². The number of anilines is 1. The van der Waals surface area contributed by atoms with Crippen molar-refractivity contribution in [2.45, 2.75) is 6.61 Å². The number of para-hydroxylation sites is 1. The second kappa shape index (κ2) is 9.79. The number of carbonyl (C=O) groups is 1. The van der Waals surface area contributed by atoms with Crippen LogP contribution in [0.25, 0.3) is 0 Å². The summed E-state index contributed by atoms with van der Waals surface area (Å²) in [5.74, 6) is 0. The number of amides is 1. The Hall–Kier alpha value is -2.05. The van der Waals surface area contributed by atoms with Gasteiger partial charge in [0, 0.05) is 5.69 Å². The van der Waals surface area contributed by atoms with Crippen LogP contribution in [-0.2, 0) is 11.3 Å². The van der Waals surface area contributed by atoms with E-state index >= 15 is 0 Å². The molecule has 1 amide bonds. The molecule has 4 nitrogen and oxygen atoms in total. The zero-order valence-electron chi connectivity index (χ0n) is 11.2. The van der Waals surface area contributed by atoms with E-state index < -0.39 is 5.24 Å². The molecule has 0 radical (unpaired) electrons. The van der Waals surface area contributed by atoms with E-state index in [0.29, 0.717) is 11.8 Å². The molecule has 2 aromatic carbocycles. The smallest absolute Gasteiger partial charge is 0.273 e. The second-order valence-corrected chi connectivity index (χ2v) is 4.70. The highest BCUT2D eigenvalue weighted by molar-refractivity contribution is 7.96. The molecule has 0 spiro atoms. The molecule has 0 aliphatic carbocycles. The second-order valence-electron chi connectivity index (χ2n) is 3.89. The standard InChI is InChI=1S/C14H13NOS.CH3NOS/c17-14(15-13-9-5-2-6-10-13)16-11-12-7-3-1-4-8-12;2-1(3)4/h1-10H,11H2,(H,15,17);(H3,2,3,4). The fourth-order valence-corrected chi connectivity index (χ4v) is 1.58. The molecule has 0 unspecified atom stereocenters. The minimum atomic E-state index is -0.639. The molecule has 0 atom stereocenters. The molecule has 110 valence electrons. The fourth-order valence-electron chi connectivity index (χ4n) is 1.40. The molecule has 0 heterocycles. The van der Waals surface area contributed by atoms with Crippen LogP contribution in [-0.4, -0.2) is 10.4 Å². The number of benzene rings is 2. The zero-order valence-corrected chi connectivity index (χ0v) is 12.9. The van der Waals surface area contributed by atoms with Gasteiger partial charge in [-0.15, -0.1) is 0 Å². The summed E-state index contributed by atoms with van der Waals surface area (Å²) in [6.45, 7) is 0.486. The predicted molar refractivity (Wildman–Crippen MR) is 92.5 cm³/mol. The van der Waals surface area contributed by atoms with Crippen LogP contribution >= 0.6 is 24.8 Å². The number of primary amides is 1. The van der Waals surface area contributed by atoms with Gasteiger partial charge in [0.1, 0.15) is 6.61 Å². The molecular formula is C15H16N2O2S2. The van der Waals surface area contributed by atoms with Gasteiger partial charge in [-0.1, -0.05) is 61.2 Å². The van der Waals surface area contributed by atoms with Crippen LogP contribution in [0, 0.1) is 0 Å². The van der Waals surface area contributed by atoms with E-state index in [1.54, 1.807) is 0 Å². The van der Waals surface area contributed by atoms with Crippen LogP contribution < -0.4 is 11.1 Å². The average Bonchev–Trinajstić information content (AvgIpc) is 2.47. The lowest BCUT2D eigenvalue weighted by atomic mass is 10.2. The Balaban J connectivity index is 0.000000491. The van der Waals surface area contributed by atoms with E-state index in [-0.39, 0.29) is 0 Å². The Kier molecular flexibility index (Phi) is 7.93. The summed E-state index contributed by atoms with van der Waals surface area (Å²) < 4.78 is 5.45. The van der Waals surface area contributed by atoms with Gasteiger partial charge in [-0.05, 0) is 29.9 Å². The first-order valence-electron chi connectivity index (χ1n) is 6.09. The average molecular weight is 320 g/mol. The van der Waals surface area contributed by atoms with Gasteiger partial charge in [-0.3, -0.25) is 4.79 Å². The Morgan fingerprint density at radius 3 is 2.10 bits per heavy atom. The number of ether oxygens (including phenoxy) is 1. The first-order valence-corrected chi connectivity index (χ1v) is 6.94. The maximum absolute atomic E-state index is 9.09. The minimum Gasteiger partial charge on any atom is -0.466 e. The largest absolute Gasteiger partial charge is 0.466 e. The molecule has 2 aromatic rings. The van der Waals surface area contributed by atoms with Crippen molar-refractivity contribution in [2.24, 2.45) is 5.73 Å². The van der Waals surface area contributed by atoms with E-state index in [1.807, 2.05) is 60.7 Å².